The fraction of sp³-hybridized carbons (Fsp3) is 1.00. The molecule has 0 aromatic carbocycles. The van der Waals surface area contributed by atoms with Crippen molar-refractivity contribution >= 4 is 0 Å². The molecule has 0 aliphatic heterocycles. The average molecular weight is 181 g/mol. The molecule has 0 saturated heterocycles. The molecule has 2 saturated carbocycles. The molecule has 1 nitrogen and oxygen atoms in total. The van der Waals surface area contributed by atoms with Crippen LogP contribution in [0.25, 0.3) is 0 Å². The van der Waals surface area contributed by atoms with Crippen LogP contribution >= 0.6 is 0 Å². The van der Waals surface area contributed by atoms with Crippen molar-refractivity contribution in [1.82, 2.24) is 5.32 Å². The van der Waals surface area contributed by atoms with E-state index < -0.39 is 0 Å². The lowest BCUT2D eigenvalue weighted by Gasteiger charge is -2.22. The summed E-state index contributed by atoms with van der Waals surface area (Å²) >= 11 is 0. The van der Waals surface area contributed by atoms with Gasteiger partial charge in [-0.25, -0.2) is 0 Å². The van der Waals surface area contributed by atoms with Gasteiger partial charge in [0, 0.05) is 12.1 Å². The molecule has 2 aliphatic rings. The molecule has 0 spiro atoms. The zero-order valence-corrected chi connectivity index (χ0v) is 9.22. The van der Waals surface area contributed by atoms with E-state index in [1.54, 1.807) is 0 Å². The molecule has 0 aromatic rings. The van der Waals surface area contributed by atoms with Gasteiger partial charge >= 0.3 is 0 Å². The highest BCUT2D eigenvalue weighted by Gasteiger charge is 2.41. The molecule has 76 valence electrons. The van der Waals surface area contributed by atoms with Crippen LogP contribution in [0.15, 0.2) is 0 Å². The highest BCUT2D eigenvalue weighted by molar-refractivity contribution is 4.94. The number of fused-ring (bicyclic) bond motifs is 1. The summed E-state index contributed by atoms with van der Waals surface area (Å²) in [5.41, 5.74) is 0. The zero-order valence-electron chi connectivity index (χ0n) is 9.22. The summed E-state index contributed by atoms with van der Waals surface area (Å²) in [5, 5.41) is 3.71. The van der Waals surface area contributed by atoms with E-state index in [2.05, 4.69) is 26.1 Å². The third kappa shape index (κ3) is 2.46. The molecule has 2 fully saturated rings. The Morgan fingerprint density at radius 2 is 1.69 bits per heavy atom. The molecule has 2 rings (SSSR count). The maximum Gasteiger partial charge on any atom is 0.00747 e. The Kier molecular flexibility index (Phi) is 2.64. The predicted octanol–water partition coefficient (Wildman–Crippen LogP) is 2.81. The van der Waals surface area contributed by atoms with Gasteiger partial charge in [0.2, 0.25) is 0 Å². The van der Waals surface area contributed by atoms with E-state index in [1.807, 2.05) is 0 Å². The van der Waals surface area contributed by atoms with Crippen LogP contribution in [-0.2, 0) is 0 Å². The van der Waals surface area contributed by atoms with Gasteiger partial charge in [-0.3, -0.25) is 0 Å². The van der Waals surface area contributed by atoms with Gasteiger partial charge in [-0.1, -0.05) is 20.8 Å². The molecule has 1 heteroatoms. The van der Waals surface area contributed by atoms with Gasteiger partial charge in [0.1, 0.15) is 0 Å². The van der Waals surface area contributed by atoms with E-state index in [0.717, 1.165) is 23.8 Å². The van der Waals surface area contributed by atoms with E-state index in [-0.39, 0.29) is 0 Å². The van der Waals surface area contributed by atoms with Crippen molar-refractivity contribution < 1.29 is 0 Å². The number of rotatable bonds is 2. The third-order valence-electron chi connectivity index (χ3n) is 3.62. The Bertz CT molecular complexity index is 174. The minimum Gasteiger partial charge on any atom is -0.312 e. The van der Waals surface area contributed by atoms with E-state index in [1.165, 1.54) is 25.7 Å². The number of hydrogen-bond donors (Lipinski definition) is 1. The first kappa shape index (κ1) is 9.51. The Labute approximate surface area is 82.3 Å². The molecule has 1 unspecified atom stereocenters. The predicted molar refractivity (Wildman–Crippen MR) is 56.7 cm³/mol. The van der Waals surface area contributed by atoms with E-state index in [9.17, 15) is 0 Å². The van der Waals surface area contributed by atoms with Crippen molar-refractivity contribution in [2.75, 3.05) is 0 Å². The number of hydrogen-bond acceptors (Lipinski definition) is 1. The molecular formula is C12H23N. The Morgan fingerprint density at radius 1 is 1.00 bits per heavy atom. The molecule has 0 heterocycles. The second-order valence-corrected chi connectivity index (χ2v) is 5.59. The largest absolute Gasteiger partial charge is 0.312 e. The topological polar surface area (TPSA) is 12.0 Å². The van der Waals surface area contributed by atoms with Gasteiger partial charge in [0.15, 0.2) is 0 Å². The van der Waals surface area contributed by atoms with Crippen LogP contribution in [0.1, 0.15) is 46.5 Å². The maximum absolute atomic E-state index is 3.71. The molecule has 0 bridgehead atoms. The second-order valence-electron chi connectivity index (χ2n) is 5.59. The van der Waals surface area contributed by atoms with Crippen LogP contribution in [0.2, 0.25) is 0 Å². The molecule has 0 amide bonds. The van der Waals surface area contributed by atoms with Gasteiger partial charge in [-0.15, -0.1) is 0 Å². The zero-order chi connectivity index (χ0) is 9.42. The average Bonchev–Trinajstić information content (AvgIpc) is 2.63. The molecule has 1 N–H and O–H groups in total. The highest BCUT2D eigenvalue weighted by atomic mass is 14.9. The van der Waals surface area contributed by atoms with Crippen LogP contribution in [0.3, 0.4) is 0 Å². The molecule has 4 atom stereocenters. The van der Waals surface area contributed by atoms with Gasteiger partial charge in [0.25, 0.3) is 0 Å². The van der Waals surface area contributed by atoms with Gasteiger partial charge in [-0.2, -0.15) is 0 Å². The van der Waals surface area contributed by atoms with Crippen LogP contribution in [0.4, 0.5) is 0 Å². The van der Waals surface area contributed by atoms with E-state index >= 15 is 0 Å². The lowest BCUT2D eigenvalue weighted by molar-refractivity contribution is 0.363. The van der Waals surface area contributed by atoms with Crippen molar-refractivity contribution in [2.24, 2.45) is 17.8 Å². The monoisotopic (exact) mass is 181 g/mol. The fourth-order valence-electron chi connectivity index (χ4n) is 3.06. The molecule has 2 aliphatic carbocycles. The lowest BCUT2D eigenvalue weighted by atomic mass is 9.97. The summed E-state index contributed by atoms with van der Waals surface area (Å²) in [4.78, 5) is 0. The van der Waals surface area contributed by atoms with Crippen molar-refractivity contribution in [3.05, 3.63) is 0 Å². The second kappa shape index (κ2) is 3.61. The minimum atomic E-state index is 0.660. The standard InChI is InChI=1S/C12H23N/c1-8(2)13-12-5-9(3)4-10-6-11(10)7-12/h8-13H,4-7H2,1-3H3/t9-,10?,11+,12+/m0/s1. The molecule has 0 radical (unpaired) electrons. The summed E-state index contributed by atoms with van der Waals surface area (Å²) in [6.45, 7) is 6.95. The highest BCUT2D eigenvalue weighted by Crippen LogP contribution is 2.49. The smallest absolute Gasteiger partial charge is 0.00747 e. The molecular weight excluding hydrogens is 158 g/mol. The minimum absolute atomic E-state index is 0.660. The van der Waals surface area contributed by atoms with Crippen LogP contribution in [0, 0.1) is 17.8 Å². The van der Waals surface area contributed by atoms with Crippen molar-refractivity contribution in [3.63, 3.8) is 0 Å². The fourth-order valence-corrected chi connectivity index (χ4v) is 3.06. The Morgan fingerprint density at radius 3 is 2.38 bits per heavy atom. The SMILES string of the molecule is CC(C)N[C@@H]1C[C@@H](C)CC2C[C@@H]2C1. The van der Waals surface area contributed by atoms with Crippen molar-refractivity contribution in [3.8, 4) is 0 Å². The van der Waals surface area contributed by atoms with Gasteiger partial charge in [0.05, 0.1) is 0 Å². The normalized spacial score (nSPS) is 44.3. The molecule has 13 heavy (non-hydrogen) atoms. The van der Waals surface area contributed by atoms with Gasteiger partial charge < -0.3 is 5.32 Å². The van der Waals surface area contributed by atoms with Gasteiger partial charge in [-0.05, 0) is 43.4 Å². The number of nitrogens with one attached hydrogen (secondary N) is 1. The van der Waals surface area contributed by atoms with Crippen molar-refractivity contribution in [1.29, 1.82) is 0 Å². The third-order valence-corrected chi connectivity index (χ3v) is 3.62. The molecule has 0 aromatic heterocycles. The Balaban J connectivity index is 1.87. The lowest BCUT2D eigenvalue weighted by Crippen LogP contribution is -2.35. The first-order valence-electron chi connectivity index (χ1n) is 5.91. The quantitative estimate of drug-likeness (QED) is 0.690. The van der Waals surface area contributed by atoms with Crippen LogP contribution in [-0.4, -0.2) is 12.1 Å². The summed E-state index contributed by atoms with van der Waals surface area (Å²) in [6.07, 6.45) is 5.89. The first-order valence-corrected chi connectivity index (χ1v) is 5.91. The summed E-state index contributed by atoms with van der Waals surface area (Å²) < 4.78 is 0. The van der Waals surface area contributed by atoms with Crippen molar-refractivity contribution in [2.45, 2.75) is 58.5 Å². The maximum atomic E-state index is 3.71. The summed E-state index contributed by atoms with van der Waals surface area (Å²) in [7, 11) is 0. The van der Waals surface area contributed by atoms with Crippen LogP contribution < -0.4 is 5.32 Å². The van der Waals surface area contributed by atoms with E-state index in [0.29, 0.717) is 6.04 Å². The van der Waals surface area contributed by atoms with Crippen LogP contribution in [0.5, 0.6) is 0 Å². The summed E-state index contributed by atoms with van der Waals surface area (Å²) in [5.74, 6) is 3.14. The summed E-state index contributed by atoms with van der Waals surface area (Å²) in [6, 6.07) is 1.47. The van der Waals surface area contributed by atoms with E-state index in [4.69, 9.17) is 0 Å². The first-order chi connectivity index (χ1) is 6.15. The Hall–Kier alpha value is -0.0400.